The van der Waals surface area contributed by atoms with Gasteiger partial charge in [0.15, 0.2) is 0 Å². The normalized spacial score (nSPS) is 16.3. The van der Waals surface area contributed by atoms with Crippen molar-refractivity contribution >= 4 is 138 Å². The number of carbonyl (C=O) groups excluding carboxylic acids is 4. The first kappa shape index (κ1) is 83.0. The summed E-state index contributed by atoms with van der Waals surface area (Å²) in [7, 11) is 0. The van der Waals surface area contributed by atoms with E-state index in [0.29, 0.717) is 84.4 Å². The number of halogens is 9. The van der Waals surface area contributed by atoms with Gasteiger partial charge >= 0.3 is 30.5 Å². The van der Waals surface area contributed by atoms with Crippen LogP contribution < -0.4 is 0 Å². The number of nitrogens with one attached hydrogen (secondary N) is 4. The minimum atomic E-state index is -4.49. The van der Waals surface area contributed by atoms with Crippen LogP contribution in [-0.2, 0) is 50.8 Å². The van der Waals surface area contributed by atoms with Gasteiger partial charge in [0, 0.05) is 113 Å². The van der Waals surface area contributed by atoms with Crippen molar-refractivity contribution in [1.29, 1.82) is 5.26 Å². The number of hydrogen-bond donors (Lipinski definition) is 4. The topological polar surface area (TPSA) is 205 Å². The predicted octanol–water partition coefficient (Wildman–Crippen LogP) is 23.7. The molecule has 12 aromatic rings. The highest BCUT2D eigenvalue weighted by molar-refractivity contribution is 6.32. The molecule has 0 bridgehead atoms. The monoisotopic (exact) mass is 1680 g/mol. The van der Waals surface area contributed by atoms with E-state index in [0.717, 1.165) is 130 Å². The van der Waals surface area contributed by atoms with Crippen LogP contribution >= 0.6 is 69.6 Å². The van der Waals surface area contributed by atoms with Crippen LogP contribution in [0.15, 0.2) is 170 Å². The molecule has 0 fully saturated rings. The lowest BCUT2D eigenvalue weighted by atomic mass is 9.91. The zero-order valence-corrected chi connectivity index (χ0v) is 68.7. The third kappa shape index (κ3) is 18.0. The van der Waals surface area contributed by atoms with Crippen LogP contribution in [0.3, 0.4) is 0 Å². The summed E-state index contributed by atoms with van der Waals surface area (Å²) >= 11 is 36.1. The third-order valence-corrected chi connectivity index (χ3v) is 22.6. The van der Waals surface area contributed by atoms with Gasteiger partial charge in [0.05, 0.1) is 42.2 Å². The van der Waals surface area contributed by atoms with E-state index in [2.05, 4.69) is 102 Å². The number of nitriles is 1. The number of H-pyrrole nitrogens is 4. The van der Waals surface area contributed by atoms with Gasteiger partial charge in [-0.3, -0.25) is 19.6 Å². The van der Waals surface area contributed by atoms with Crippen molar-refractivity contribution in [3.8, 4) is 6.07 Å². The maximum atomic E-state index is 13.3. The van der Waals surface area contributed by atoms with E-state index >= 15 is 0 Å². The Morgan fingerprint density at radius 3 is 1.04 bits per heavy atom. The minimum Gasteiger partial charge on any atom is -0.450 e. The van der Waals surface area contributed by atoms with Gasteiger partial charge in [-0.15, -0.1) is 23.2 Å². The van der Waals surface area contributed by atoms with Gasteiger partial charge in [-0.25, -0.2) is 19.2 Å². The molecule has 8 heterocycles. The number of carbonyl (C=O) groups is 4. The molecule has 17 nitrogen and oxygen atoms in total. The van der Waals surface area contributed by atoms with Crippen LogP contribution in [0.25, 0.3) is 43.6 Å². The first-order valence-electron chi connectivity index (χ1n) is 38.3. The van der Waals surface area contributed by atoms with Crippen molar-refractivity contribution in [2.24, 2.45) is 0 Å². The third-order valence-electron chi connectivity index (χ3n) is 21.3. The minimum absolute atomic E-state index is 0.0152. The van der Waals surface area contributed by atoms with E-state index in [1.807, 2.05) is 103 Å². The van der Waals surface area contributed by atoms with E-state index in [-0.39, 0.29) is 61.8 Å². The second-order valence-electron chi connectivity index (χ2n) is 29.1. The van der Waals surface area contributed by atoms with Crippen molar-refractivity contribution in [3.63, 3.8) is 0 Å². The highest BCUT2D eigenvalue weighted by atomic mass is 35.5. The summed E-state index contributed by atoms with van der Waals surface area (Å²) in [5.41, 5.74) is 17.9. The second-order valence-corrected chi connectivity index (χ2v) is 31.6. The van der Waals surface area contributed by atoms with E-state index in [1.54, 1.807) is 29.2 Å². The molecule has 4 amide bonds. The van der Waals surface area contributed by atoms with Gasteiger partial charge in [0.2, 0.25) is 0 Å². The van der Waals surface area contributed by atoms with Gasteiger partial charge in [0.1, 0.15) is 37.4 Å². The average molecular weight is 1680 g/mol. The molecule has 8 aromatic carbocycles. The number of benzene rings is 8. The largest absolute Gasteiger partial charge is 0.450 e. The molecule has 0 radical (unpaired) electrons. The smallest absolute Gasteiger partial charge is 0.416 e. The molecule has 0 spiro atoms. The van der Waals surface area contributed by atoms with Crippen molar-refractivity contribution in [2.45, 2.75) is 116 Å². The highest BCUT2D eigenvalue weighted by Gasteiger charge is 2.41. The van der Waals surface area contributed by atoms with Crippen molar-refractivity contribution in [3.05, 3.63) is 279 Å². The average Bonchev–Trinajstić information content (AvgIpc) is 1.65. The number of amides is 4. The molecule has 4 aromatic heterocycles. The Bertz CT molecular complexity index is 5560. The molecule has 26 heteroatoms. The molecule has 0 saturated heterocycles. The van der Waals surface area contributed by atoms with Gasteiger partial charge in [0.25, 0.3) is 0 Å². The number of aromatic amines is 4. The molecule has 16 rings (SSSR count). The molecule has 4 aliphatic heterocycles. The lowest BCUT2D eigenvalue weighted by Gasteiger charge is -2.35. The van der Waals surface area contributed by atoms with Gasteiger partial charge in [-0.2, -0.15) is 18.4 Å². The second kappa shape index (κ2) is 36.5. The van der Waals surface area contributed by atoms with Gasteiger partial charge in [-0.05, 0) is 204 Å². The Morgan fingerprint density at radius 1 is 0.435 bits per heavy atom. The number of nitrogens with zero attached hydrogens (tertiary/aromatic N) is 5. The first-order chi connectivity index (χ1) is 55.4. The quantitative estimate of drug-likeness (QED) is 0.0639. The molecule has 4 unspecified atom stereocenters. The van der Waals surface area contributed by atoms with Crippen molar-refractivity contribution in [1.82, 2.24) is 39.5 Å². The fourth-order valence-electron chi connectivity index (χ4n) is 15.9. The molecular formula is C89H86Cl6F3N9O8. The number of aromatic nitrogens is 4. The van der Waals surface area contributed by atoms with Gasteiger partial charge < -0.3 is 38.9 Å². The number of fused-ring (bicyclic) bond motifs is 12. The Labute approximate surface area is 694 Å². The van der Waals surface area contributed by atoms with E-state index < -0.39 is 30.0 Å². The molecule has 4 atom stereocenters. The van der Waals surface area contributed by atoms with Crippen molar-refractivity contribution in [2.75, 3.05) is 64.4 Å². The fourth-order valence-corrected chi connectivity index (χ4v) is 16.7. The zero-order valence-electron chi connectivity index (χ0n) is 64.1. The van der Waals surface area contributed by atoms with Gasteiger partial charge in [-0.1, -0.05) is 154 Å². The summed E-state index contributed by atoms with van der Waals surface area (Å²) in [6.07, 6.45) is -2.49. The van der Waals surface area contributed by atoms with E-state index in [9.17, 15) is 32.3 Å². The standard InChI is InChI=1S/C24H27ClN2O2.C23H25ClN2O2.C21H17Cl2F3N2O2.C21H17Cl2N3O2/c1-4-13-29-24(28)27-12-11-19-20-14-18(25)9-10-21(20)26-22(19)23(27)17-7-5-16(6-8-17)15(2)3;1-4-28-23(27)26-12-11-18-19-13-17(24)9-10-20(19)25-21(18)22(26)16-7-5-15(6-8-16)14(2)3;22-7-9-30-20(29)28-8-6-15-16-11-14(23)4-5-17(16)27-18(15)19(28)12-2-1-3-13(10-12)21(24,25)26;22-8-10-28-21(27)26-9-7-16-17-11-15(23)5-6-18(17)25-19(16)20(26)14-3-1-13(12-24)2-4-14/h5-10,14-15,23,26H,4,11-13H2,1-3H3;5-10,13-14,22,25H,4,11-12H2,1-3H3;1-5,10-11,19,27H,6-9H2;1-6,11,20,25H,7-10H2. The van der Waals surface area contributed by atoms with E-state index in [1.165, 1.54) is 33.2 Å². The summed E-state index contributed by atoms with van der Waals surface area (Å²) in [5, 5.41) is 16.0. The molecule has 598 valence electrons. The Morgan fingerprint density at radius 2 is 0.748 bits per heavy atom. The lowest BCUT2D eigenvalue weighted by Crippen LogP contribution is -2.41. The fraction of sp³-hybridized carbons (Fsp3) is 0.315. The molecule has 4 N–H and O–H groups in total. The van der Waals surface area contributed by atoms with Crippen LogP contribution in [0, 0.1) is 11.3 Å². The lowest BCUT2D eigenvalue weighted by molar-refractivity contribution is -0.137. The molecular weight excluding hydrogens is 1590 g/mol. The number of ether oxygens (including phenoxy) is 4. The van der Waals surface area contributed by atoms with Crippen molar-refractivity contribution < 1.29 is 51.3 Å². The maximum absolute atomic E-state index is 13.3. The zero-order chi connectivity index (χ0) is 81.5. The summed E-state index contributed by atoms with van der Waals surface area (Å²) < 4.78 is 61.3. The SMILES string of the molecule is CCCOC(=O)N1CCc2c([nH]c3ccc(Cl)cc23)C1c1ccc(C(C)C)cc1.CCOC(=O)N1CCc2c([nH]c3ccc(Cl)cc23)C1c1ccc(C(C)C)cc1.N#Cc1ccc(C2c3[nH]c4ccc(Cl)cc4c3CCN2C(=O)OCCCl)cc1.O=C(OCCCl)N1CCc2c([nH]c3ccc(Cl)cc23)C1c1cccc(C(F)(F)F)c1. The van der Waals surface area contributed by atoms with E-state index in [4.69, 9.17) is 93.8 Å². The van der Waals surface area contributed by atoms with Crippen LogP contribution in [0.5, 0.6) is 0 Å². The Balaban J connectivity index is 0.000000134. The Kier molecular flexibility index (Phi) is 26.3. The first-order valence-corrected chi connectivity index (χ1v) is 40.9. The number of rotatable bonds is 13. The maximum Gasteiger partial charge on any atom is 0.416 e. The number of hydrogen-bond acceptors (Lipinski definition) is 9. The molecule has 115 heavy (non-hydrogen) atoms. The Hall–Kier alpha value is -9.98. The highest BCUT2D eigenvalue weighted by Crippen LogP contribution is 2.46. The summed E-state index contributed by atoms with van der Waals surface area (Å²) in [6.45, 7) is 15.6. The summed E-state index contributed by atoms with van der Waals surface area (Å²) in [4.78, 5) is 71.6. The molecule has 0 aliphatic carbocycles. The van der Waals surface area contributed by atoms with Crippen LogP contribution in [0.2, 0.25) is 20.1 Å². The van der Waals surface area contributed by atoms with Crippen LogP contribution in [0.1, 0.15) is 174 Å². The number of alkyl halides is 5. The molecule has 4 aliphatic rings. The van der Waals surface area contributed by atoms with Crippen LogP contribution in [-0.4, -0.2) is 128 Å². The predicted molar refractivity (Wildman–Crippen MR) is 449 cm³/mol. The molecule has 0 saturated carbocycles. The summed E-state index contributed by atoms with van der Waals surface area (Å²) in [5.74, 6) is 1.31. The van der Waals surface area contributed by atoms with Crippen LogP contribution in [0.4, 0.5) is 32.3 Å². The summed E-state index contributed by atoms with van der Waals surface area (Å²) in [6, 6.07) is 52.9.